The predicted molar refractivity (Wildman–Crippen MR) is 126 cm³/mol. The minimum atomic E-state index is -0.188. The second-order valence-corrected chi connectivity index (χ2v) is 9.39. The summed E-state index contributed by atoms with van der Waals surface area (Å²) in [7, 11) is 3.44. The molecule has 1 aliphatic heterocycles. The van der Waals surface area contributed by atoms with Crippen molar-refractivity contribution >= 4 is 17.5 Å². The van der Waals surface area contributed by atoms with Gasteiger partial charge < -0.3 is 19.5 Å². The third-order valence-corrected chi connectivity index (χ3v) is 7.04. The predicted octanol–water partition coefficient (Wildman–Crippen LogP) is 3.11. The number of carbonyl (C=O) groups excluding carboxylic acids is 1. The van der Waals surface area contributed by atoms with Gasteiger partial charge in [-0.3, -0.25) is 9.59 Å². The van der Waals surface area contributed by atoms with Crippen molar-refractivity contribution in [1.82, 2.24) is 14.8 Å². The van der Waals surface area contributed by atoms with Gasteiger partial charge in [0.15, 0.2) is 0 Å². The van der Waals surface area contributed by atoms with Crippen LogP contribution >= 0.6 is 11.6 Å². The lowest BCUT2D eigenvalue weighted by Gasteiger charge is -2.36. The zero-order chi connectivity index (χ0) is 22.7. The Morgan fingerprint density at radius 3 is 2.78 bits per heavy atom. The summed E-state index contributed by atoms with van der Waals surface area (Å²) in [5, 5.41) is 4.08. The number of nitrogens with one attached hydrogen (secondary N) is 1. The third kappa shape index (κ3) is 5.25. The first-order valence-electron chi connectivity index (χ1n) is 11.4. The second kappa shape index (κ2) is 10.2. The number of rotatable bonds is 8. The molecule has 0 bridgehead atoms. The number of ether oxygens (including phenoxy) is 1. The van der Waals surface area contributed by atoms with E-state index >= 15 is 0 Å². The number of amides is 1. The zero-order valence-corrected chi connectivity index (χ0v) is 19.6. The lowest BCUT2D eigenvalue weighted by molar-refractivity contribution is -0.138. The summed E-state index contributed by atoms with van der Waals surface area (Å²) in [5.41, 5.74) is 3.07. The van der Waals surface area contributed by atoms with Crippen LogP contribution in [0.15, 0.2) is 41.3 Å². The second-order valence-electron chi connectivity index (χ2n) is 8.98. The molecule has 2 atom stereocenters. The summed E-state index contributed by atoms with van der Waals surface area (Å²) in [5.74, 6) is 0.0121. The number of benzene rings is 1. The van der Waals surface area contributed by atoms with Crippen molar-refractivity contribution in [2.45, 2.75) is 44.2 Å². The van der Waals surface area contributed by atoms with E-state index in [2.05, 4.69) is 11.4 Å². The van der Waals surface area contributed by atoms with Gasteiger partial charge >= 0.3 is 0 Å². The molecule has 0 radical (unpaired) electrons. The van der Waals surface area contributed by atoms with E-state index in [1.807, 2.05) is 23.1 Å². The Labute approximate surface area is 194 Å². The molecular weight excluding hydrogens is 426 g/mol. The van der Waals surface area contributed by atoms with Gasteiger partial charge in [0.2, 0.25) is 5.91 Å². The Kier molecular flexibility index (Phi) is 7.33. The van der Waals surface area contributed by atoms with Crippen LogP contribution in [0.2, 0.25) is 5.02 Å². The number of aromatic nitrogens is 1. The highest BCUT2D eigenvalue weighted by molar-refractivity contribution is 6.31. The van der Waals surface area contributed by atoms with Crippen LogP contribution in [0.3, 0.4) is 0 Å². The van der Waals surface area contributed by atoms with Crippen LogP contribution in [0.5, 0.6) is 0 Å². The maximum absolute atomic E-state index is 13.8. The molecule has 1 aromatic carbocycles. The van der Waals surface area contributed by atoms with Crippen LogP contribution in [-0.2, 0) is 29.5 Å². The number of hydrogen-bond acceptors (Lipinski definition) is 4. The maximum Gasteiger partial charge on any atom is 0.250 e. The van der Waals surface area contributed by atoms with Gasteiger partial charge in [0.1, 0.15) is 0 Å². The zero-order valence-electron chi connectivity index (χ0n) is 18.9. The Bertz CT molecular complexity index is 1020. The van der Waals surface area contributed by atoms with Gasteiger partial charge in [-0.05, 0) is 67.0 Å². The van der Waals surface area contributed by atoms with Gasteiger partial charge in [0.05, 0.1) is 12.5 Å². The van der Waals surface area contributed by atoms with Crippen LogP contribution < -0.4 is 10.9 Å². The minimum Gasteiger partial charge on any atom is -0.384 e. The topological polar surface area (TPSA) is 63.6 Å². The summed E-state index contributed by atoms with van der Waals surface area (Å²) in [6.07, 6.45) is 5.52. The average molecular weight is 458 g/mol. The molecule has 1 saturated carbocycles. The molecule has 1 saturated heterocycles. The molecule has 2 heterocycles. The first-order chi connectivity index (χ1) is 15.5. The van der Waals surface area contributed by atoms with Gasteiger partial charge in [-0.1, -0.05) is 23.7 Å². The maximum atomic E-state index is 13.8. The van der Waals surface area contributed by atoms with Crippen LogP contribution in [0.1, 0.15) is 41.9 Å². The molecular formula is C25H32ClN3O3. The number of piperidine rings is 1. The molecule has 1 amide bonds. The summed E-state index contributed by atoms with van der Waals surface area (Å²) in [4.78, 5) is 28.1. The molecule has 2 aromatic rings. The molecule has 4 rings (SSSR count). The monoisotopic (exact) mass is 457 g/mol. The minimum absolute atomic E-state index is 0.0362. The highest BCUT2D eigenvalue weighted by Crippen LogP contribution is 2.36. The Balaban J connectivity index is 1.57. The molecule has 7 heteroatoms. The standard InChI is InChI=1S/C25H32ClN3O3/c1-28-11-8-18(14-24(28)30)21-7-10-27-15-22(21)25(31)29(20-4-5-20)16-19-13-17(9-12-32-2)3-6-23(19)26/h3,6,8,11,13-14,20-22,27H,4-5,7,9-10,12,15-16H2,1-2H3. The molecule has 1 aliphatic carbocycles. The molecule has 2 unspecified atom stereocenters. The van der Waals surface area contributed by atoms with Crippen molar-refractivity contribution in [3.05, 3.63) is 68.6 Å². The Hall–Kier alpha value is -2.15. The molecule has 0 spiro atoms. The summed E-state index contributed by atoms with van der Waals surface area (Å²) >= 11 is 6.53. The fourth-order valence-electron chi connectivity index (χ4n) is 4.61. The van der Waals surface area contributed by atoms with E-state index in [4.69, 9.17) is 16.3 Å². The van der Waals surface area contributed by atoms with Gasteiger partial charge in [-0.2, -0.15) is 0 Å². The number of halogens is 1. The third-order valence-electron chi connectivity index (χ3n) is 6.67. The van der Waals surface area contributed by atoms with Crippen LogP contribution in [0.25, 0.3) is 0 Å². The van der Waals surface area contributed by atoms with Gasteiger partial charge in [-0.15, -0.1) is 0 Å². The fourth-order valence-corrected chi connectivity index (χ4v) is 4.78. The molecule has 172 valence electrons. The fraction of sp³-hybridized carbons (Fsp3) is 0.520. The number of carbonyl (C=O) groups is 1. The van der Waals surface area contributed by atoms with Crippen molar-refractivity contribution in [2.24, 2.45) is 13.0 Å². The van der Waals surface area contributed by atoms with Crippen molar-refractivity contribution in [3.8, 4) is 0 Å². The van der Waals surface area contributed by atoms with Crippen molar-refractivity contribution in [2.75, 3.05) is 26.8 Å². The van der Waals surface area contributed by atoms with Gasteiger partial charge in [0, 0.05) is 50.6 Å². The van der Waals surface area contributed by atoms with Crippen LogP contribution in [0.4, 0.5) is 0 Å². The molecule has 2 aliphatic rings. The molecule has 6 nitrogen and oxygen atoms in total. The first kappa shape index (κ1) is 23.0. The first-order valence-corrected chi connectivity index (χ1v) is 11.8. The van der Waals surface area contributed by atoms with Gasteiger partial charge in [-0.25, -0.2) is 0 Å². The highest BCUT2D eigenvalue weighted by atomic mass is 35.5. The highest BCUT2D eigenvalue weighted by Gasteiger charge is 2.40. The molecule has 1 N–H and O–H groups in total. The number of hydrogen-bond donors (Lipinski definition) is 1. The number of methoxy groups -OCH3 is 1. The quantitative estimate of drug-likeness (QED) is 0.661. The smallest absolute Gasteiger partial charge is 0.250 e. The van der Waals surface area contributed by atoms with Gasteiger partial charge in [0.25, 0.3) is 5.56 Å². The van der Waals surface area contributed by atoms with E-state index in [-0.39, 0.29) is 29.3 Å². The molecule has 32 heavy (non-hydrogen) atoms. The Morgan fingerprint density at radius 2 is 2.06 bits per heavy atom. The van der Waals surface area contributed by atoms with Crippen molar-refractivity contribution in [3.63, 3.8) is 0 Å². The van der Waals surface area contributed by atoms with Crippen LogP contribution in [-0.4, -0.2) is 48.2 Å². The summed E-state index contributed by atoms with van der Waals surface area (Å²) in [6.45, 7) is 2.64. The number of nitrogens with zero attached hydrogens (tertiary/aromatic N) is 2. The van der Waals surface area contributed by atoms with Crippen molar-refractivity contribution < 1.29 is 9.53 Å². The van der Waals surface area contributed by atoms with Crippen LogP contribution in [0, 0.1) is 5.92 Å². The summed E-state index contributed by atoms with van der Waals surface area (Å²) in [6, 6.07) is 9.98. The average Bonchev–Trinajstić information content (AvgIpc) is 3.64. The van der Waals surface area contributed by atoms with E-state index in [0.29, 0.717) is 24.7 Å². The number of pyridine rings is 1. The van der Waals surface area contributed by atoms with E-state index < -0.39 is 0 Å². The molecule has 1 aromatic heterocycles. The Morgan fingerprint density at radius 1 is 1.25 bits per heavy atom. The summed E-state index contributed by atoms with van der Waals surface area (Å²) < 4.78 is 6.77. The van der Waals surface area contributed by atoms with Crippen molar-refractivity contribution in [1.29, 1.82) is 0 Å². The lowest BCUT2D eigenvalue weighted by atomic mass is 9.80. The largest absolute Gasteiger partial charge is 0.384 e. The molecule has 2 fully saturated rings. The van der Waals surface area contributed by atoms with E-state index in [9.17, 15) is 9.59 Å². The van der Waals surface area contributed by atoms with E-state index in [1.165, 1.54) is 0 Å². The normalized spacial score (nSPS) is 20.8. The lowest BCUT2D eigenvalue weighted by Crippen LogP contribution is -2.47. The number of aryl methyl sites for hydroxylation is 1. The van der Waals surface area contributed by atoms with E-state index in [0.717, 1.165) is 48.9 Å². The van der Waals surface area contributed by atoms with E-state index in [1.54, 1.807) is 31.0 Å². The SMILES string of the molecule is COCCc1ccc(Cl)c(CN(C(=O)C2CNCCC2c2ccn(C)c(=O)c2)C2CC2)c1.